The fraction of sp³-hybridized carbons (Fsp3) is 0.571. The molecule has 2 rings (SSSR count). The number of halogens is 3. The van der Waals surface area contributed by atoms with Crippen molar-refractivity contribution < 1.29 is 21.6 Å². The molecule has 1 aromatic rings. The van der Waals surface area contributed by atoms with Crippen molar-refractivity contribution >= 4 is 9.84 Å². The van der Waals surface area contributed by atoms with E-state index in [1.54, 1.807) is 0 Å². The van der Waals surface area contributed by atoms with Gasteiger partial charge in [-0.15, -0.1) is 0 Å². The van der Waals surface area contributed by atoms with Crippen molar-refractivity contribution in [1.29, 1.82) is 0 Å². The molecule has 1 aliphatic heterocycles. The zero-order chi connectivity index (χ0) is 15.8. The Kier molecular flexibility index (Phi) is 4.35. The van der Waals surface area contributed by atoms with Gasteiger partial charge in [-0.2, -0.15) is 8.78 Å². The average Bonchev–Trinajstić information content (AvgIpc) is 2.36. The summed E-state index contributed by atoms with van der Waals surface area (Å²) in [5.41, 5.74) is -0.266. The number of hydrogen-bond acceptors (Lipinski definition) is 3. The Morgan fingerprint density at radius 2 is 1.62 bits per heavy atom. The van der Waals surface area contributed by atoms with Crippen LogP contribution in [0.25, 0.3) is 0 Å². The minimum absolute atomic E-state index is 0.0868. The maximum absolute atomic E-state index is 14.2. The first-order valence-electron chi connectivity index (χ1n) is 6.72. The van der Waals surface area contributed by atoms with Gasteiger partial charge >= 0.3 is 0 Å². The minimum Gasteiger partial charge on any atom is -0.295 e. The molecule has 1 saturated heterocycles. The standard InChI is InChI=1S/C14H18F3NO2S/c1-10-7-18(8-11(2)21(10,19)20)9-14(16,17)12-3-5-13(15)6-4-12/h3-6,10-11H,7-9H2,1-2H3. The molecular formula is C14H18F3NO2S. The second-order valence-electron chi connectivity index (χ2n) is 5.62. The first-order valence-corrected chi connectivity index (χ1v) is 8.33. The summed E-state index contributed by atoms with van der Waals surface area (Å²) in [5, 5.41) is -1.32. The van der Waals surface area contributed by atoms with Crippen LogP contribution in [0.4, 0.5) is 13.2 Å². The third-order valence-corrected chi connectivity index (χ3v) is 6.38. The molecule has 1 fully saturated rings. The van der Waals surface area contributed by atoms with Crippen molar-refractivity contribution in [2.75, 3.05) is 19.6 Å². The Labute approximate surface area is 122 Å². The summed E-state index contributed by atoms with van der Waals surface area (Å²) in [5.74, 6) is -3.71. The molecule has 118 valence electrons. The predicted molar refractivity (Wildman–Crippen MR) is 74.6 cm³/mol. The van der Waals surface area contributed by atoms with Gasteiger partial charge in [0.2, 0.25) is 0 Å². The molecule has 2 unspecified atom stereocenters. The second-order valence-corrected chi connectivity index (χ2v) is 8.40. The molecule has 0 amide bonds. The van der Waals surface area contributed by atoms with Crippen molar-refractivity contribution in [2.45, 2.75) is 30.3 Å². The average molecular weight is 321 g/mol. The lowest BCUT2D eigenvalue weighted by molar-refractivity contribution is -0.0386. The highest BCUT2D eigenvalue weighted by molar-refractivity contribution is 7.92. The van der Waals surface area contributed by atoms with E-state index in [2.05, 4.69) is 0 Å². The Bertz CT molecular complexity index is 583. The number of rotatable bonds is 3. The van der Waals surface area contributed by atoms with Crippen molar-refractivity contribution in [3.05, 3.63) is 35.6 Å². The van der Waals surface area contributed by atoms with E-state index in [4.69, 9.17) is 0 Å². The largest absolute Gasteiger partial charge is 0.295 e. The normalized spacial score (nSPS) is 26.7. The Hall–Kier alpha value is -1.08. The van der Waals surface area contributed by atoms with Gasteiger partial charge in [-0.1, -0.05) is 12.1 Å². The SMILES string of the molecule is CC1CN(CC(F)(F)c2ccc(F)cc2)CC(C)S1(=O)=O. The van der Waals surface area contributed by atoms with Gasteiger partial charge in [-0.05, 0) is 26.0 Å². The van der Waals surface area contributed by atoms with Gasteiger partial charge in [0.25, 0.3) is 5.92 Å². The third kappa shape index (κ3) is 3.40. The van der Waals surface area contributed by atoms with Crippen molar-refractivity contribution in [1.82, 2.24) is 4.90 Å². The summed E-state index contributed by atoms with van der Waals surface area (Å²) in [6.07, 6.45) is 0. The summed E-state index contributed by atoms with van der Waals surface area (Å²) in [7, 11) is -3.24. The van der Waals surface area contributed by atoms with E-state index >= 15 is 0 Å². The third-order valence-electron chi connectivity index (χ3n) is 3.84. The number of nitrogens with zero attached hydrogens (tertiary/aromatic N) is 1. The quantitative estimate of drug-likeness (QED) is 0.858. The Morgan fingerprint density at radius 3 is 2.10 bits per heavy atom. The molecule has 3 nitrogen and oxygen atoms in total. The molecular weight excluding hydrogens is 303 g/mol. The van der Waals surface area contributed by atoms with Crippen LogP contribution in [0, 0.1) is 5.82 Å². The molecule has 0 aliphatic carbocycles. The van der Waals surface area contributed by atoms with E-state index in [0.717, 1.165) is 24.3 Å². The molecule has 0 radical (unpaired) electrons. The maximum atomic E-state index is 14.2. The first kappa shape index (κ1) is 16.3. The molecule has 21 heavy (non-hydrogen) atoms. The first-order chi connectivity index (χ1) is 9.63. The van der Waals surface area contributed by atoms with E-state index in [0.29, 0.717) is 0 Å². The molecule has 7 heteroatoms. The Morgan fingerprint density at radius 1 is 1.14 bits per heavy atom. The number of alkyl halides is 2. The lowest BCUT2D eigenvalue weighted by atomic mass is 10.1. The molecule has 0 spiro atoms. The van der Waals surface area contributed by atoms with Gasteiger partial charge in [0.1, 0.15) is 5.82 Å². The zero-order valence-corrected chi connectivity index (χ0v) is 12.7. The highest BCUT2D eigenvalue weighted by Crippen LogP contribution is 2.31. The predicted octanol–water partition coefficient (Wildman–Crippen LogP) is 2.42. The molecule has 0 aromatic heterocycles. The van der Waals surface area contributed by atoms with E-state index in [1.807, 2.05) is 0 Å². The second kappa shape index (κ2) is 5.61. The smallest absolute Gasteiger partial charge is 0.285 e. The molecule has 1 heterocycles. The number of benzene rings is 1. The summed E-state index contributed by atoms with van der Waals surface area (Å²) in [6.45, 7) is 2.68. The fourth-order valence-corrected chi connectivity index (χ4v) is 4.23. The highest BCUT2D eigenvalue weighted by Gasteiger charge is 2.41. The lowest BCUT2D eigenvalue weighted by Crippen LogP contribution is -2.52. The van der Waals surface area contributed by atoms with E-state index in [9.17, 15) is 21.6 Å². The summed E-state index contributed by atoms with van der Waals surface area (Å²) in [6, 6.07) is 4.11. The fourth-order valence-electron chi connectivity index (χ4n) is 2.60. The van der Waals surface area contributed by atoms with Crippen LogP contribution in [0.5, 0.6) is 0 Å². The van der Waals surface area contributed by atoms with Crippen LogP contribution in [0.3, 0.4) is 0 Å². The van der Waals surface area contributed by atoms with Crippen LogP contribution in [-0.4, -0.2) is 43.5 Å². The van der Waals surface area contributed by atoms with Crippen molar-refractivity contribution in [3.63, 3.8) is 0 Å². The molecule has 2 atom stereocenters. The molecule has 0 saturated carbocycles. The Balaban J connectivity index is 2.12. The van der Waals surface area contributed by atoms with E-state index < -0.39 is 38.6 Å². The van der Waals surface area contributed by atoms with Crippen LogP contribution < -0.4 is 0 Å². The van der Waals surface area contributed by atoms with E-state index in [1.165, 1.54) is 18.7 Å². The number of hydrogen-bond donors (Lipinski definition) is 0. The topological polar surface area (TPSA) is 37.4 Å². The maximum Gasteiger partial charge on any atom is 0.285 e. The monoisotopic (exact) mass is 321 g/mol. The lowest BCUT2D eigenvalue weighted by Gasteiger charge is -2.36. The van der Waals surface area contributed by atoms with E-state index in [-0.39, 0.29) is 18.7 Å². The molecule has 1 aromatic carbocycles. The van der Waals surface area contributed by atoms with Gasteiger partial charge in [0.05, 0.1) is 17.0 Å². The molecule has 0 N–H and O–H groups in total. The minimum atomic E-state index is -3.24. The molecule has 0 bridgehead atoms. The van der Waals surface area contributed by atoms with Gasteiger partial charge in [-0.25, -0.2) is 12.8 Å². The highest BCUT2D eigenvalue weighted by atomic mass is 32.2. The van der Waals surface area contributed by atoms with Crippen LogP contribution in [0.1, 0.15) is 19.4 Å². The molecule has 1 aliphatic rings. The van der Waals surface area contributed by atoms with Crippen molar-refractivity contribution in [3.8, 4) is 0 Å². The summed E-state index contributed by atoms with van der Waals surface area (Å²) < 4.78 is 65.0. The van der Waals surface area contributed by atoms with Gasteiger partial charge in [0.15, 0.2) is 9.84 Å². The van der Waals surface area contributed by atoms with Crippen LogP contribution >= 0.6 is 0 Å². The summed E-state index contributed by atoms with van der Waals surface area (Å²) >= 11 is 0. The summed E-state index contributed by atoms with van der Waals surface area (Å²) in [4.78, 5) is 1.46. The number of sulfone groups is 1. The van der Waals surface area contributed by atoms with Crippen LogP contribution in [0.2, 0.25) is 0 Å². The van der Waals surface area contributed by atoms with Gasteiger partial charge in [-0.3, -0.25) is 4.90 Å². The van der Waals surface area contributed by atoms with Crippen LogP contribution in [-0.2, 0) is 15.8 Å². The van der Waals surface area contributed by atoms with Crippen molar-refractivity contribution in [2.24, 2.45) is 0 Å². The van der Waals surface area contributed by atoms with Gasteiger partial charge in [0, 0.05) is 18.7 Å². The zero-order valence-electron chi connectivity index (χ0n) is 11.9. The van der Waals surface area contributed by atoms with Crippen LogP contribution in [0.15, 0.2) is 24.3 Å². The van der Waals surface area contributed by atoms with Gasteiger partial charge < -0.3 is 0 Å².